The van der Waals surface area contributed by atoms with Crippen LogP contribution in [0.5, 0.6) is 5.75 Å². The molecule has 0 radical (unpaired) electrons. The maximum atomic E-state index is 14.2. The molecule has 0 saturated carbocycles. The Morgan fingerprint density at radius 2 is 2.14 bits per heavy atom. The summed E-state index contributed by atoms with van der Waals surface area (Å²) >= 11 is 0. The highest BCUT2D eigenvalue weighted by molar-refractivity contribution is 6.04. The number of pyridine rings is 1. The van der Waals surface area contributed by atoms with Gasteiger partial charge in [0.25, 0.3) is 0 Å². The average Bonchev–Trinajstić information content (AvgIpc) is 2.43. The fourth-order valence-electron chi connectivity index (χ4n) is 2.71. The first-order chi connectivity index (χ1) is 10.3. The molecule has 2 aromatic rings. The minimum atomic E-state index is -1.38. The summed E-state index contributed by atoms with van der Waals surface area (Å²) in [7, 11) is 0. The van der Waals surface area contributed by atoms with Crippen LogP contribution in [0.3, 0.4) is 0 Å². The monoisotopic (exact) mass is 305 g/mol. The zero-order valence-electron chi connectivity index (χ0n) is 11.8. The number of carboxylic acids is 1. The Morgan fingerprint density at radius 1 is 1.45 bits per heavy atom. The van der Waals surface area contributed by atoms with Gasteiger partial charge in [0.2, 0.25) is 5.43 Å². The van der Waals surface area contributed by atoms with E-state index < -0.39 is 28.6 Å². The van der Waals surface area contributed by atoms with Crippen molar-refractivity contribution in [2.45, 2.75) is 19.9 Å². The number of halogens is 1. The molecule has 1 N–H and O–H groups in total. The van der Waals surface area contributed by atoms with Gasteiger partial charge in [0.05, 0.1) is 22.5 Å². The molecular formula is C15H12FNO5. The van der Waals surface area contributed by atoms with Gasteiger partial charge in [0.15, 0.2) is 11.5 Å². The van der Waals surface area contributed by atoms with Gasteiger partial charge in [0, 0.05) is 6.20 Å². The molecule has 0 spiro atoms. The number of hydrogen-bond acceptors (Lipinski definition) is 4. The molecule has 0 aliphatic carbocycles. The molecular weight excluding hydrogens is 293 g/mol. The van der Waals surface area contributed by atoms with Gasteiger partial charge in [-0.3, -0.25) is 9.59 Å². The summed E-state index contributed by atoms with van der Waals surface area (Å²) in [5.74, 6) is -2.80. The number of rotatable bonds is 2. The number of ether oxygens (including phenoxy) is 1. The van der Waals surface area contributed by atoms with Gasteiger partial charge in [-0.2, -0.15) is 0 Å². The molecule has 0 bridgehead atoms. The van der Waals surface area contributed by atoms with E-state index in [4.69, 9.17) is 9.84 Å². The molecule has 0 amide bonds. The lowest BCUT2D eigenvalue weighted by molar-refractivity contribution is 0.0694. The maximum Gasteiger partial charge on any atom is 0.341 e. The van der Waals surface area contributed by atoms with Crippen molar-refractivity contribution in [1.29, 1.82) is 0 Å². The van der Waals surface area contributed by atoms with Crippen molar-refractivity contribution in [3.63, 3.8) is 0 Å². The minimum absolute atomic E-state index is 0.00496. The number of ketones is 1. The number of nitrogens with zero attached hydrogens (tertiary/aromatic N) is 1. The Labute approximate surface area is 123 Å². The number of carbonyl (C=O) groups is 2. The lowest BCUT2D eigenvalue weighted by Gasteiger charge is -2.28. The maximum absolute atomic E-state index is 14.2. The van der Waals surface area contributed by atoms with Gasteiger partial charge >= 0.3 is 5.97 Å². The van der Waals surface area contributed by atoms with Crippen LogP contribution in [0.4, 0.5) is 4.39 Å². The molecule has 2 heterocycles. The molecule has 0 saturated heterocycles. The van der Waals surface area contributed by atoms with Gasteiger partial charge in [-0.1, -0.05) is 0 Å². The number of aromatic nitrogens is 1. The van der Waals surface area contributed by atoms with Crippen molar-refractivity contribution in [2.75, 3.05) is 6.61 Å². The first-order valence-electron chi connectivity index (χ1n) is 6.61. The third kappa shape index (κ3) is 1.82. The molecule has 0 fully saturated rings. The molecule has 1 aliphatic heterocycles. The Morgan fingerprint density at radius 3 is 2.73 bits per heavy atom. The molecule has 3 rings (SSSR count). The predicted octanol–water partition coefficient (Wildman–Crippen LogP) is 1.99. The number of Topliss-reactive ketones (excluding diaryl/α,β-unsaturated/α-hetero) is 1. The average molecular weight is 305 g/mol. The Balaban J connectivity index is 2.57. The number of hydrogen-bond donors (Lipinski definition) is 1. The van der Waals surface area contributed by atoms with Crippen molar-refractivity contribution < 1.29 is 23.8 Å². The summed E-state index contributed by atoms with van der Waals surface area (Å²) in [4.78, 5) is 35.1. The van der Waals surface area contributed by atoms with Gasteiger partial charge < -0.3 is 14.4 Å². The highest BCUT2D eigenvalue weighted by Crippen LogP contribution is 2.36. The van der Waals surface area contributed by atoms with E-state index in [1.165, 1.54) is 13.1 Å². The van der Waals surface area contributed by atoms with Crippen LogP contribution in [0.15, 0.2) is 17.1 Å². The van der Waals surface area contributed by atoms with Crippen molar-refractivity contribution in [1.82, 2.24) is 4.57 Å². The zero-order valence-corrected chi connectivity index (χ0v) is 11.8. The molecule has 114 valence electrons. The number of carbonyl (C=O) groups excluding carboxylic acids is 1. The summed E-state index contributed by atoms with van der Waals surface area (Å²) in [6.45, 7) is 3.12. The molecule has 1 aromatic heterocycles. The fourth-order valence-corrected chi connectivity index (χ4v) is 2.71. The quantitative estimate of drug-likeness (QED) is 0.858. The molecule has 7 heteroatoms. The zero-order chi connectivity index (χ0) is 16.2. The standard InChI is InChI=1S/C15H12FNO5/c1-6-5-22-14-11(7(2)18)10(16)3-8-12(14)17(6)4-9(13(8)19)15(20)21/h3-4,6H,5H2,1-2H3,(H,20,21)/t6-/m0/s1. The lowest BCUT2D eigenvalue weighted by Crippen LogP contribution is -2.27. The van der Waals surface area contributed by atoms with E-state index in [0.717, 1.165) is 6.07 Å². The summed E-state index contributed by atoms with van der Waals surface area (Å²) < 4.78 is 21.2. The van der Waals surface area contributed by atoms with E-state index in [1.54, 1.807) is 11.5 Å². The SMILES string of the molecule is CC(=O)c1c(F)cc2c(=O)c(C(=O)O)cn3c2c1OC[C@@H]3C. The van der Waals surface area contributed by atoms with Crippen LogP contribution >= 0.6 is 0 Å². The van der Waals surface area contributed by atoms with E-state index in [9.17, 15) is 18.8 Å². The first kappa shape index (κ1) is 14.2. The smallest absolute Gasteiger partial charge is 0.341 e. The highest BCUT2D eigenvalue weighted by Gasteiger charge is 2.29. The largest absolute Gasteiger partial charge is 0.488 e. The highest BCUT2D eigenvalue weighted by atomic mass is 19.1. The molecule has 0 unspecified atom stereocenters. The second-order valence-corrected chi connectivity index (χ2v) is 5.26. The van der Waals surface area contributed by atoms with Crippen molar-refractivity contribution in [3.8, 4) is 5.75 Å². The van der Waals surface area contributed by atoms with Crippen LogP contribution in [-0.4, -0.2) is 28.0 Å². The third-order valence-electron chi connectivity index (χ3n) is 3.75. The van der Waals surface area contributed by atoms with Gasteiger partial charge in [-0.15, -0.1) is 0 Å². The Kier molecular flexibility index (Phi) is 3.01. The Bertz CT molecular complexity index is 899. The molecule has 1 aliphatic rings. The number of aromatic carboxylic acids is 1. The van der Waals surface area contributed by atoms with Crippen LogP contribution in [-0.2, 0) is 0 Å². The van der Waals surface area contributed by atoms with Crippen LogP contribution in [0.2, 0.25) is 0 Å². The number of carboxylic acid groups (broad SMARTS) is 1. The topological polar surface area (TPSA) is 85.6 Å². The normalized spacial score (nSPS) is 16.4. The molecule has 1 atom stereocenters. The second-order valence-electron chi connectivity index (χ2n) is 5.26. The second kappa shape index (κ2) is 4.66. The number of benzene rings is 1. The van der Waals surface area contributed by atoms with Crippen molar-refractivity contribution >= 4 is 22.7 Å². The summed E-state index contributed by atoms with van der Waals surface area (Å²) in [6.07, 6.45) is 1.21. The van der Waals surface area contributed by atoms with Crippen LogP contribution in [0.1, 0.15) is 40.6 Å². The van der Waals surface area contributed by atoms with Crippen LogP contribution < -0.4 is 10.2 Å². The third-order valence-corrected chi connectivity index (χ3v) is 3.75. The van der Waals surface area contributed by atoms with E-state index in [-0.39, 0.29) is 34.9 Å². The lowest BCUT2D eigenvalue weighted by atomic mass is 10.0. The van der Waals surface area contributed by atoms with E-state index in [1.807, 2.05) is 0 Å². The Hall–Kier alpha value is -2.70. The van der Waals surface area contributed by atoms with E-state index in [2.05, 4.69) is 0 Å². The van der Waals surface area contributed by atoms with Crippen LogP contribution in [0.25, 0.3) is 10.9 Å². The van der Waals surface area contributed by atoms with Gasteiger partial charge in [0.1, 0.15) is 18.0 Å². The van der Waals surface area contributed by atoms with E-state index in [0.29, 0.717) is 0 Å². The van der Waals surface area contributed by atoms with Crippen molar-refractivity contribution in [3.05, 3.63) is 39.4 Å². The minimum Gasteiger partial charge on any atom is -0.488 e. The first-order valence-corrected chi connectivity index (χ1v) is 6.61. The van der Waals surface area contributed by atoms with E-state index >= 15 is 0 Å². The van der Waals surface area contributed by atoms with Gasteiger partial charge in [-0.25, -0.2) is 9.18 Å². The summed E-state index contributed by atoms with van der Waals surface area (Å²) in [5, 5.41) is 9.03. The molecule has 22 heavy (non-hydrogen) atoms. The molecule has 6 nitrogen and oxygen atoms in total. The summed E-state index contributed by atoms with van der Waals surface area (Å²) in [5.41, 5.74) is -1.22. The van der Waals surface area contributed by atoms with Crippen molar-refractivity contribution in [2.24, 2.45) is 0 Å². The fraction of sp³-hybridized carbons (Fsp3) is 0.267. The molecule has 1 aromatic carbocycles. The van der Waals surface area contributed by atoms with Gasteiger partial charge in [-0.05, 0) is 19.9 Å². The predicted molar refractivity (Wildman–Crippen MR) is 75.3 cm³/mol. The summed E-state index contributed by atoms with van der Waals surface area (Å²) in [6, 6.07) is 0.654. The van der Waals surface area contributed by atoms with Crippen LogP contribution in [0, 0.1) is 5.82 Å².